The smallest absolute Gasteiger partial charge is 0.293 e. The molecule has 112 valence electrons. The summed E-state index contributed by atoms with van der Waals surface area (Å²) in [5.41, 5.74) is 7.29. The van der Waals surface area contributed by atoms with E-state index in [2.05, 4.69) is 4.98 Å². The average molecular weight is 331 g/mol. The van der Waals surface area contributed by atoms with Crippen LogP contribution in [0.4, 0.5) is 11.4 Å². The van der Waals surface area contributed by atoms with Gasteiger partial charge >= 0.3 is 0 Å². The molecule has 21 heavy (non-hydrogen) atoms. The summed E-state index contributed by atoms with van der Waals surface area (Å²) in [6.45, 7) is 3.36. The zero-order chi connectivity index (χ0) is 16.2. The summed E-state index contributed by atoms with van der Waals surface area (Å²) in [7, 11) is 0. The predicted octanol–water partition coefficient (Wildman–Crippen LogP) is 2.82. The van der Waals surface area contributed by atoms with Crippen LogP contribution in [0.15, 0.2) is 24.5 Å². The highest BCUT2D eigenvalue weighted by Gasteiger charge is 2.16. The molecule has 2 aromatic heterocycles. The summed E-state index contributed by atoms with van der Waals surface area (Å²) in [6, 6.07) is 2.67. The van der Waals surface area contributed by atoms with Gasteiger partial charge in [0.25, 0.3) is 10.8 Å². The number of pyridine rings is 2. The van der Waals surface area contributed by atoms with E-state index < -0.39 is 4.92 Å². The fourth-order valence-electron chi connectivity index (χ4n) is 1.30. The van der Waals surface area contributed by atoms with Gasteiger partial charge < -0.3 is 10.9 Å². The van der Waals surface area contributed by atoms with Gasteiger partial charge in [-0.05, 0) is 37.1 Å². The van der Waals surface area contributed by atoms with Gasteiger partial charge in [0.05, 0.1) is 10.5 Å². The Hall–Kier alpha value is -2.12. The van der Waals surface area contributed by atoms with E-state index in [1.165, 1.54) is 6.92 Å². The lowest BCUT2D eigenvalue weighted by molar-refractivity contribution is -0.604. The normalized spacial score (nSPS) is 9.71. The second-order valence-corrected chi connectivity index (χ2v) is 4.89. The Labute approximate surface area is 130 Å². The van der Waals surface area contributed by atoms with Crippen molar-refractivity contribution in [3.05, 3.63) is 61.3 Å². The lowest BCUT2D eigenvalue weighted by atomic mass is 10.3. The van der Waals surface area contributed by atoms with Crippen molar-refractivity contribution in [2.24, 2.45) is 0 Å². The minimum atomic E-state index is -0.582. The highest BCUT2D eigenvalue weighted by Crippen LogP contribution is 2.18. The maximum absolute atomic E-state index is 10.8. The number of nitrogen functional groups attached to an aromatic ring is 1. The van der Waals surface area contributed by atoms with Crippen LogP contribution in [0.1, 0.15) is 11.1 Å². The molecule has 9 heteroatoms. The van der Waals surface area contributed by atoms with Crippen molar-refractivity contribution >= 4 is 34.6 Å². The summed E-state index contributed by atoms with van der Waals surface area (Å²) in [5.74, 6) is 0. The number of rotatable bonds is 1. The molecule has 0 spiro atoms. The number of aryl methyl sites for hydroxylation is 2. The number of hydrogen-bond acceptors (Lipinski definition) is 5. The molecule has 0 aliphatic carbocycles. The van der Waals surface area contributed by atoms with Crippen LogP contribution in [0.5, 0.6) is 0 Å². The van der Waals surface area contributed by atoms with Crippen molar-refractivity contribution in [2.75, 3.05) is 5.73 Å². The van der Waals surface area contributed by atoms with Gasteiger partial charge in [-0.1, -0.05) is 11.6 Å². The largest absolute Gasteiger partial charge is 0.618 e. The summed E-state index contributed by atoms with van der Waals surface area (Å²) in [5, 5.41) is 21.3. The van der Waals surface area contributed by atoms with Crippen molar-refractivity contribution < 1.29 is 9.65 Å². The molecule has 0 radical (unpaired) electrons. The monoisotopic (exact) mass is 330 g/mol. The highest BCUT2D eigenvalue weighted by molar-refractivity contribution is 6.29. The van der Waals surface area contributed by atoms with Crippen molar-refractivity contribution in [3.63, 3.8) is 0 Å². The number of nitro groups is 1. The predicted molar refractivity (Wildman–Crippen MR) is 80.2 cm³/mol. The summed E-state index contributed by atoms with van der Waals surface area (Å²) < 4.78 is 0.379. The Kier molecular flexibility index (Phi) is 5.69. The third-order valence-corrected chi connectivity index (χ3v) is 2.97. The van der Waals surface area contributed by atoms with Crippen LogP contribution in [0.2, 0.25) is 10.3 Å². The lowest BCUT2D eigenvalue weighted by Crippen LogP contribution is -2.27. The van der Waals surface area contributed by atoms with E-state index in [9.17, 15) is 15.3 Å². The molecule has 0 saturated heterocycles. The average Bonchev–Trinajstić information content (AvgIpc) is 2.39. The zero-order valence-electron chi connectivity index (χ0n) is 11.2. The zero-order valence-corrected chi connectivity index (χ0v) is 12.7. The third-order valence-electron chi connectivity index (χ3n) is 2.49. The molecule has 7 nitrogen and oxygen atoms in total. The van der Waals surface area contributed by atoms with Gasteiger partial charge in [-0.25, -0.2) is 4.98 Å². The van der Waals surface area contributed by atoms with Gasteiger partial charge in [-0.2, -0.15) is 4.73 Å². The maximum atomic E-state index is 10.8. The Morgan fingerprint density at radius 3 is 2.38 bits per heavy atom. The van der Waals surface area contributed by atoms with Gasteiger partial charge in [0.1, 0.15) is 11.2 Å². The molecule has 0 bridgehead atoms. The van der Waals surface area contributed by atoms with Gasteiger partial charge in [0.15, 0.2) is 6.20 Å². The van der Waals surface area contributed by atoms with Crippen molar-refractivity contribution in [3.8, 4) is 0 Å². The van der Waals surface area contributed by atoms with E-state index >= 15 is 0 Å². The molecule has 2 aromatic rings. The SMILES string of the molecule is Cc1c[n+]([O-])c(Cl)cc1[N+](=O)[O-].Cc1cnc(Cl)cc1N. The molecule has 0 saturated carbocycles. The standard InChI is InChI=1S/C6H5ClN2O3.C6H7ClN2/c1-4-3-8(10)6(7)2-5(4)9(11)12;1-4-3-9-6(7)2-5(4)8/h2-3H,1H3;2-3H,1H3,(H2,8,9). The molecular formula is C12H12Cl2N4O3. The number of anilines is 1. The first-order valence-corrected chi connectivity index (χ1v) is 6.39. The van der Waals surface area contributed by atoms with Gasteiger partial charge in [0, 0.05) is 11.9 Å². The topological polar surface area (TPSA) is 109 Å². The molecule has 2 heterocycles. The Bertz CT molecular complexity index is 680. The third kappa shape index (κ3) is 4.73. The number of aromatic nitrogens is 2. The van der Waals surface area contributed by atoms with E-state index in [1.807, 2.05) is 6.92 Å². The molecule has 2 N–H and O–H groups in total. The molecule has 0 amide bonds. The minimum Gasteiger partial charge on any atom is -0.618 e. The van der Waals surface area contributed by atoms with Crippen LogP contribution < -0.4 is 10.5 Å². The van der Waals surface area contributed by atoms with Crippen molar-refractivity contribution in [1.82, 2.24) is 4.98 Å². The van der Waals surface area contributed by atoms with E-state index in [-0.39, 0.29) is 10.8 Å². The Morgan fingerprint density at radius 1 is 1.29 bits per heavy atom. The van der Waals surface area contributed by atoms with Crippen LogP contribution >= 0.6 is 23.2 Å². The first-order chi connectivity index (χ1) is 9.72. The number of hydrogen-bond donors (Lipinski definition) is 1. The molecule has 0 aliphatic heterocycles. The summed E-state index contributed by atoms with van der Waals surface area (Å²) >= 11 is 10.9. The van der Waals surface area contributed by atoms with E-state index in [0.717, 1.165) is 17.8 Å². The molecule has 2 rings (SSSR count). The number of halogens is 2. The van der Waals surface area contributed by atoms with Crippen LogP contribution in [0, 0.1) is 29.2 Å². The Balaban J connectivity index is 0.000000219. The van der Waals surface area contributed by atoms with Crippen LogP contribution in [-0.2, 0) is 0 Å². The van der Waals surface area contributed by atoms with Crippen LogP contribution in [-0.4, -0.2) is 9.91 Å². The van der Waals surface area contributed by atoms with Gasteiger partial charge in [-0.3, -0.25) is 10.1 Å². The molecular weight excluding hydrogens is 319 g/mol. The molecule has 0 aromatic carbocycles. The minimum absolute atomic E-state index is 0.146. The van der Waals surface area contributed by atoms with Gasteiger partial charge in [-0.15, -0.1) is 0 Å². The van der Waals surface area contributed by atoms with Gasteiger partial charge in [0.2, 0.25) is 0 Å². The second kappa shape index (κ2) is 7.05. The fraction of sp³-hybridized carbons (Fsp3) is 0.167. The number of nitrogens with zero attached hydrogens (tertiary/aromatic N) is 3. The maximum Gasteiger partial charge on any atom is 0.293 e. The molecule has 0 fully saturated rings. The molecule has 0 aliphatic rings. The second-order valence-electron chi connectivity index (χ2n) is 4.11. The van der Waals surface area contributed by atoms with Crippen LogP contribution in [0.3, 0.4) is 0 Å². The van der Waals surface area contributed by atoms with Crippen molar-refractivity contribution in [2.45, 2.75) is 13.8 Å². The number of nitrogens with two attached hydrogens (primary N) is 1. The summed E-state index contributed by atoms with van der Waals surface area (Å²) in [6.07, 6.45) is 2.72. The quantitative estimate of drug-likeness (QED) is 0.284. The lowest BCUT2D eigenvalue weighted by Gasteiger charge is -1.99. The van der Waals surface area contributed by atoms with E-state index in [0.29, 0.717) is 21.1 Å². The fourth-order valence-corrected chi connectivity index (χ4v) is 1.62. The molecule has 0 atom stereocenters. The van der Waals surface area contributed by atoms with E-state index in [1.54, 1.807) is 12.3 Å². The summed E-state index contributed by atoms with van der Waals surface area (Å²) in [4.78, 5) is 13.6. The van der Waals surface area contributed by atoms with Crippen molar-refractivity contribution in [1.29, 1.82) is 0 Å². The Morgan fingerprint density at radius 2 is 1.90 bits per heavy atom. The first kappa shape index (κ1) is 16.9. The first-order valence-electron chi connectivity index (χ1n) is 5.63. The highest BCUT2D eigenvalue weighted by atomic mass is 35.5. The van der Waals surface area contributed by atoms with Crippen LogP contribution in [0.25, 0.3) is 0 Å². The van der Waals surface area contributed by atoms with E-state index in [4.69, 9.17) is 28.9 Å². The molecule has 0 unspecified atom stereocenters.